The fourth-order valence-corrected chi connectivity index (χ4v) is 3.47. The molecule has 0 bridgehead atoms. The van der Waals surface area contributed by atoms with Gasteiger partial charge in [-0.05, 0) is 13.5 Å². The molecule has 22 heavy (non-hydrogen) atoms. The average molecular weight is 321 g/mol. The van der Waals surface area contributed by atoms with E-state index in [1.807, 2.05) is 0 Å². The molecule has 2 saturated heterocycles. The molecule has 7 nitrogen and oxygen atoms in total. The molecule has 0 aliphatic carbocycles. The lowest BCUT2D eigenvalue weighted by Crippen LogP contribution is -2.45. The predicted molar refractivity (Wildman–Crippen MR) is 85.1 cm³/mol. The van der Waals surface area contributed by atoms with Crippen LogP contribution in [0.3, 0.4) is 0 Å². The Bertz CT molecular complexity index is 574. The van der Waals surface area contributed by atoms with Crippen LogP contribution in [-0.4, -0.2) is 70.9 Å². The smallest absolute Gasteiger partial charge is 0.270 e. The molecule has 2 aliphatic rings. The molecule has 0 aromatic carbocycles. The van der Waals surface area contributed by atoms with Gasteiger partial charge in [0, 0.05) is 38.0 Å². The average Bonchev–Trinajstić information content (AvgIpc) is 2.93. The van der Waals surface area contributed by atoms with Crippen LogP contribution in [0.15, 0.2) is 12.4 Å². The molecule has 1 aromatic heterocycles. The zero-order chi connectivity index (χ0) is 15.5. The molecule has 1 amide bonds. The number of carbonyl (C=O) groups is 2. The Kier molecular flexibility index (Phi) is 4.58. The van der Waals surface area contributed by atoms with E-state index in [0.717, 1.165) is 37.7 Å². The minimum Gasteiger partial charge on any atom is -0.354 e. The number of rotatable bonds is 3. The Morgan fingerprint density at radius 3 is 2.77 bits per heavy atom. The largest absolute Gasteiger partial charge is 0.354 e. The maximum atomic E-state index is 12.2. The second-order valence-electron chi connectivity index (χ2n) is 5.53. The lowest BCUT2D eigenvalue weighted by Gasteiger charge is -2.33. The highest BCUT2D eigenvalue weighted by Crippen LogP contribution is 2.20. The van der Waals surface area contributed by atoms with E-state index in [1.54, 1.807) is 6.07 Å². The third kappa shape index (κ3) is 3.38. The summed E-state index contributed by atoms with van der Waals surface area (Å²) in [4.78, 5) is 36.5. The zero-order valence-corrected chi connectivity index (χ0v) is 13.3. The number of nitrogens with one attached hydrogen (secondary N) is 1. The van der Waals surface area contributed by atoms with Crippen LogP contribution in [0.4, 0.5) is 5.82 Å². The highest BCUT2D eigenvalue weighted by atomic mass is 32.2. The minimum absolute atomic E-state index is 0.0293. The van der Waals surface area contributed by atoms with Crippen LogP contribution in [0, 0.1) is 0 Å². The van der Waals surface area contributed by atoms with Crippen molar-refractivity contribution in [2.75, 3.05) is 43.9 Å². The number of likely N-dealkylation sites (N-methyl/N-ethyl adjacent to an activating group) is 1. The summed E-state index contributed by atoms with van der Waals surface area (Å²) < 4.78 is 0. The van der Waals surface area contributed by atoms with Crippen molar-refractivity contribution in [2.24, 2.45) is 0 Å². The van der Waals surface area contributed by atoms with E-state index in [-0.39, 0.29) is 17.1 Å². The van der Waals surface area contributed by atoms with Gasteiger partial charge in [-0.25, -0.2) is 9.97 Å². The van der Waals surface area contributed by atoms with Gasteiger partial charge in [0.05, 0.1) is 6.04 Å². The van der Waals surface area contributed by atoms with Gasteiger partial charge in [-0.15, -0.1) is 0 Å². The standard InChI is InChI=1S/C14H19N5O2S/c1-18-3-5-19(6-4-18)12-8-11(15-9-16-12)13(20)17-10-2-7-22-14(10)21/h8-10H,2-7H2,1H3,(H,17,20). The van der Waals surface area contributed by atoms with E-state index >= 15 is 0 Å². The Morgan fingerprint density at radius 1 is 1.32 bits per heavy atom. The van der Waals surface area contributed by atoms with Crippen molar-refractivity contribution in [1.82, 2.24) is 20.2 Å². The topological polar surface area (TPSA) is 78.4 Å². The summed E-state index contributed by atoms with van der Waals surface area (Å²) in [7, 11) is 2.09. The van der Waals surface area contributed by atoms with Gasteiger partial charge in [0.15, 0.2) is 0 Å². The van der Waals surface area contributed by atoms with E-state index in [4.69, 9.17) is 0 Å². The van der Waals surface area contributed by atoms with Crippen molar-refractivity contribution >= 4 is 28.6 Å². The number of piperazine rings is 1. The van der Waals surface area contributed by atoms with Crippen molar-refractivity contribution in [2.45, 2.75) is 12.5 Å². The SMILES string of the molecule is CN1CCN(c2cc(C(=O)NC3CCSC3=O)ncn2)CC1. The number of hydrogen-bond donors (Lipinski definition) is 1. The Balaban J connectivity index is 1.68. The van der Waals surface area contributed by atoms with Crippen molar-refractivity contribution in [3.05, 3.63) is 18.1 Å². The van der Waals surface area contributed by atoms with Crippen LogP contribution in [0.2, 0.25) is 0 Å². The summed E-state index contributed by atoms with van der Waals surface area (Å²) in [6.45, 7) is 3.71. The summed E-state index contributed by atoms with van der Waals surface area (Å²) in [6.07, 6.45) is 2.10. The molecule has 3 rings (SSSR count). The lowest BCUT2D eigenvalue weighted by molar-refractivity contribution is -0.112. The van der Waals surface area contributed by atoms with Crippen molar-refractivity contribution in [3.63, 3.8) is 0 Å². The number of thioether (sulfide) groups is 1. The fraction of sp³-hybridized carbons (Fsp3) is 0.571. The first kappa shape index (κ1) is 15.2. The van der Waals surface area contributed by atoms with Gasteiger partial charge in [-0.1, -0.05) is 11.8 Å². The molecule has 2 aliphatic heterocycles. The fourth-order valence-electron chi connectivity index (χ4n) is 2.54. The van der Waals surface area contributed by atoms with E-state index in [9.17, 15) is 9.59 Å². The van der Waals surface area contributed by atoms with Crippen LogP contribution in [0.1, 0.15) is 16.9 Å². The van der Waals surface area contributed by atoms with E-state index < -0.39 is 0 Å². The predicted octanol–water partition coefficient (Wildman–Crippen LogP) is -0.00970. The van der Waals surface area contributed by atoms with Crippen LogP contribution < -0.4 is 10.2 Å². The van der Waals surface area contributed by atoms with E-state index in [2.05, 4.69) is 32.1 Å². The summed E-state index contributed by atoms with van der Waals surface area (Å²) in [5.74, 6) is 1.22. The lowest BCUT2D eigenvalue weighted by atomic mass is 10.2. The molecule has 1 aromatic rings. The normalized spacial score (nSPS) is 22.9. The molecule has 8 heteroatoms. The van der Waals surface area contributed by atoms with Crippen molar-refractivity contribution in [3.8, 4) is 0 Å². The van der Waals surface area contributed by atoms with Crippen molar-refractivity contribution in [1.29, 1.82) is 0 Å². The zero-order valence-electron chi connectivity index (χ0n) is 12.5. The van der Waals surface area contributed by atoms with Gasteiger partial charge in [-0.3, -0.25) is 9.59 Å². The van der Waals surface area contributed by atoms with Crippen molar-refractivity contribution < 1.29 is 9.59 Å². The molecular formula is C14H19N5O2S. The third-order valence-electron chi connectivity index (χ3n) is 3.95. The molecular weight excluding hydrogens is 302 g/mol. The number of hydrogen-bond acceptors (Lipinski definition) is 7. The van der Waals surface area contributed by atoms with E-state index in [1.165, 1.54) is 18.1 Å². The van der Waals surface area contributed by atoms with E-state index in [0.29, 0.717) is 12.1 Å². The molecule has 0 radical (unpaired) electrons. The third-order valence-corrected chi connectivity index (χ3v) is 4.96. The van der Waals surface area contributed by atoms with Gasteiger partial charge < -0.3 is 15.1 Å². The Hall–Kier alpha value is -1.67. The minimum atomic E-state index is -0.389. The molecule has 0 spiro atoms. The summed E-state index contributed by atoms with van der Waals surface area (Å²) in [5, 5.41) is 2.79. The van der Waals surface area contributed by atoms with Crippen LogP contribution in [-0.2, 0) is 4.79 Å². The molecule has 1 unspecified atom stereocenters. The molecule has 1 N–H and O–H groups in total. The molecule has 0 saturated carbocycles. The monoisotopic (exact) mass is 321 g/mol. The molecule has 1 atom stereocenters. The first-order valence-electron chi connectivity index (χ1n) is 7.36. The number of amides is 1. The molecule has 2 fully saturated rings. The number of carbonyl (C=O) groups excluding carboxylic acids is 2. The van der Waals surface area contributed by atoms with Gasteiger partial charge in [0.2, 0.25) is 5.12 Å². The number of anilines is 1. The maximum Gasteiger partial charge on any atom is 0.270 e. The van der Waals surface area contributed by atoms with Gasteiger partial charge in [0.25, 0.3) is 5.91 Å². The Labute approximate surface area is 133 Å². The highest BCUT2D eigenvalue weighted by molar-refractivity contribution is 8.14. The number of aromatic nitrogens is 2. The summed E-state index contributed by atoms with van der Waals surface area (Å²) in [5.41, 5.74) is 0.314. The van der Waals surface area contributed by atoms with Crippen LogP contribution in [0.25, 0.3) is 0 Å². The molecule has 3 heterocycles. The second kappa shape index (κ2) is 6.62. The van der Waals surface area contributed by atoms with Crippen LogP contribution >= 0.6 is 11.8 Å². The quantitative estimate of drug-likeness (QED) is 0.839. The van der Waals surface area contributed by atoms with Gasteiger partial charge >= 0.3 is 0 Å². The first-order valence-corrected chi connectivity index (χ1v) is 8.35. The second-order valence-corrected chi connectivity index (χ2v) is 6.63. The summed E-state index contributed by atoms with van der Waals surface area (Å²) >= 11 is 1.27. The Morgan fingerprint density at radius 2 is 2.09 bits per heavy atom. The molecule has 118 valence electrons. The van der Waals surface area contributed by atoms with Crippen LogP contribution in [0.5, 0.6) is 0 Å². The first-order chi connectivity index (χ1) is 10.6. The number of nitrogens with zero attached hydrogens (tertiary/aromatic N) is 4. The maximum absolute atomic E-state index is 12.2. The summed E-state index contributed by atoms with van der Waals surface area (Å²) in [6, 6.07) is 1.31. The van der Waals surface area contributed by atoms with Gasteiger partial charge in [0.1, 0.15) is 17.8 Å². The van der Waals surface area contributed by atoms with Gasteiger partial charge in [-0.2, -0.15) is 0 Å². The highest BCUT2D eigenvalue weighted by Gasteiger charge is 2.27.